The predicted molar refractivity (Wildman–Crippen MR) is 89.7 cm³/mol. The van der Waals surface area contributed by atoms with Gasteiger partial charge in [0.05, 0.1) is 0 Å². The Morgan fingerprint density at radius 3 is 1.86 bits per heavy atom. The van der Waals surface area contributed by atoms with E-state index in [4.69, 9.17) is 5.11 Å². The first kappa shape index (κ1) is 17.5. The van der Waals surface area contributed by atoms with Crippen LogP contribution in [0.15, 0.2) is 24.3 Å². The highest BCUT2D eigenvalue weighted by atomic mass is 16.4. The average Bonchev–Trinajstić information content (AvgIpc) is 2.32. The Morgan fingerprint density at radius 1 is 1.00 bits per heavy atom. The zero-order valence-electron chi connectivity index (χ0n) is 14.2. The summed E-state index contributed by atoms with van der Waals surface area (Å²) in [5.74, 6) is -0.751. The predicted octanol–water partition coefficient (Wildman–Crippen LogP) is 5.16. The molecule has 2 heteroatoms. The van der Waals surface area contributed by atoms with Crippen LogP contribution < -0.4 is 0 Å². The molecular formula is C19H28O2. The number of hydrogen-bond acceptors (Lipinski definition) is 1. The van der Waals surface area contributed by atoms with Crippen molar-refractivity contribution in [2.45, 2.75) is 65.2 Å². The van der Waals surface area contributed by atoms with Gasteiger partial charge in [-0.25, -0.2) is 0 Å². The molecule has 0 atom stereocenters. The summed E-state index contributed by atoms with van der Waals surface area (Å²) >= 11 is 0. The Bertz CT molecular complexity index is 493. The van der Waals surface area contributed by atoms with Gasteiger partial charge in [-0.3, -0.25) is 4.79 Å². The van der Waals surface area contributed by atoms with Gasteiger partial charge in [-0.1, -0.05) is 71.9 Å². The molecule has 1 rings (SSSR count). The maximum Gasteiger partial charge on any atom is 0.303 e. The van der Waals surface area contributed by atoms with Crippen molar-refractivity contribution in [3.05, 3.63) is 41.0 Å². The molecule has 0 aliphatic rings. The molecule has 0 aliphatic carbocycles. The molecule has 0 aliphatic heterocycles. The summed E-state index contributed by atoms with van der Waals surface area (Å²) in [5, 5.41) is 8.68. The van der Waals surface area contributed by atoms with E-state index in [1.54, 1.807) is 0 Å². The minimum Gasteiger partial charge on any atom is -0.481 e. The van der Waals surface area contributed by atoms with Gasteiger partial charge in [0.1, 0.15) is 0 Å². The molecule has 116 valence electrons. The van der Waals surface area contributed by atoms with Crippen molar-refractivity contribution in [2.24, 2.45) is 0 Å². The Labute approximate surface area is 128 Å². The monoisotopic (exact) mass is 288 g/mol. The third-order valence-electron chi connectivity index (χ3n) is 3.52. The maximum atomic E-state index is 10.5. The number of benzene rings is 1. The summed E-state index contributed by atoms with van der Waals surface area (Å²) in [6, 6.07) is 6.69. The zero-order chi connectivity index (χ0) is 16.3. The number of carboxylic acids is 1. The van der Waals surface area contributed by atoms with Gasteiger partial charge < -0.3 is 5.11 Å². The molecule has 0 amide bonds. The van der Waals surface area contributed by atoms with E-state index in [0.717, 1.165) is 5.56 Å². The highest BCUT2D eigenvalue weighted by Gasteiger charge is 2.19. The smallest absolute Gasteiger partial charge is 0.303 e. The Balaban J connectivity index is 3.11. The van der Waals surface area contributed by atoms with E-state index in [1.165, 1.54) is 11.1 Å². The molecular weight excluding hydrogens is 260 g/mol. The molecule has 1 N–H and O–H groups in total. The highest BCUT2D eigenvalue weighted by Crippen LogP contribution is 2.30. The summed E-state index contributed by atoms with van der Waals surface area (Å²) in [6.45, 7) is 13.3. The van der Waals surface area contributed by atoms with Crippen molar-refractivity contribution in [3.8, 4) is 0 Å². The number of hydrogen-bond donors (Lipinski definition) is 1. The van der Waals surface area contributed by atoms with Crippen LogP contribution in [0.5, 0.6) is 0 Å². The molecule has 0 heterocycles. The molecule has 21 heavy (non-hydrogen) atoms. The molecule has 0 saturated heterocycles. The van der Waals surface area contributed by atoms with Gasteiger partial charge in [-0.05, 0) is 33.9 Å². The first-order chi connectivity index (χ1) is 9.50. The third-order valence-corrected chi connectivity index (χ3v) is 3.52. The first-order valence-corrected chi connectivity index (χ1v) is 7.54. The van der Waals surface area contributed by atoms with Gasteiger partial charge in [0.15, 0.2) is 0 Å². The Morgan fingerprint density at radius 2 is 1.48 bits per heavy atom. The summed E-state index contributed by atoms with van der Waals surface area (Å²) in [6.07, 6.45) is 4.73. The second kappa shape index (κ2) is 6.46. The standard InChI is InChI=1S/C19H28O2/c1-18(2,3)15-11-14(9-7-8-10-17(20)21)12-16(13-15)19(4,5)6/h7,9,11-13H,8,10H2,1-6H3,(H,20,21). The highest BCUT2D eigenvalue weighted by molar-refractivity contribution is 5.67. The van der Waals surface area contributed by atoms with E-state index < -0.39 is 5.97 Å². The largest absolute Gasteiger partial charge is 0.481 e. The maximum absolute atomic E-state index is 10.5. The molecule has 0 spiro atoms. The lowest BCUT2D eigenvalue weighted by molar-refractivity contribution is -0.136. The minimum atomic E-state index is -0.751. The van der Waals surface area contributed by atoms with E-state index in [0.29, 0.717) is 6.42 Å². The topological polar surface area (TPSA) is 37.3 Å². The molecule has 0 radical (unpaired) electrons. The fraction of sp³-hybridized carbons (Fsp3) is 0.526. The molecule has 0 aromatic heterocycles. The quantitative estimate of drug-likeness (QED) is 0.831. The summed E-state index contributed by atoms with van der Waals surface area (Å²) in [4.78, 5) is 10.5. The number of carbonyl (C=O) groups is 1. The number of aliphatic carboxylic acids is 1. The van der Waals surface area contributed by atoms with Crippen molar-refractivity contribution in [1.82, 2.24) is 0 Å². The van der Waals surface area contributed by atoms with Crippen LogP contribution in [0.25, 0.3) is 6.08 Å². The van der Waals surface area contributed by atoms with E-state index in [9.17, 15) is 4.79 Å². The normalized spacial score (nSPS) is 12.9. The second-order valence-electron chi connectivity index (χ2n) is 7.68. The summed E-state index contributed by atoms with van der Waals surface area (Å²) in [5.41, 5.74) is 3.98. The van der Waals surface area contributed by atoms with Crippen molar-refractivity contribution in [1.29, 1.82) is 0 Å². The van der Waals surface area contributed by atoms with Crippen LogP contribution in [0.4, 0.5) is 0 Å². The van der Waals surface area contributed by atoms with E-state index >= 15 is 0 Å². The molecule has 1 aromatic carbocycles. The first-order valence-electron chi connectivity index (χ1n) is 7.54. The van der Waals surface area contributed by atoms with Gasteiger partial charge in [0.25, 0.3) is 0 Å². The van der Waals surface area contributed by atoms with Gasteiger partial charge in [-0.2, -0.15) is 0 Å². The van der Waals surface area contributed by atoms with Crippen molar-refractivity contribution >= 4 is 12.0 Å². The minimum absolute atomic E-state index is 0.102. The van der Waals surface area contributed by atoms with Gasteiger partial charge in [0, 0.05) is 6.42 Å². The summed E-state index contributed by atoms with van der Waals surface area (Å²) < 4.78 is 0. The lowest BCUT2D eigenvalue weighted by atomic mass is 9.79. The fourth-order valence-electron chi connectivity index (χ4n) is 2.04. The average molecular weight is 288 g/mol. The van der Waals surface area contributed by atoms with Crippen LogP contribution in [-0.2, 0) is 15.6 Å². The Kier molecular flexibility index (Phi) is 5.38. The van der Waals surface area contributed by atoms with Crippen molar-refractivity contribution in [2.75, 3.05) is 0 Å². The van der Waals surface area contributed by atoms with Crippen LogP contribution in [0.2, 0.25) is 0 Å². The van der Waals surface area contributed by atoms with Crippen LogP contribution in [0, 0.1) is 0 Å². The van der Waals surface area contributed by atoms with E-state index in [1.807, 2.05) is 12.2 Å². The molecule has 0 unspecified atom stereocenters. The van der Waals surface area contributed by atoms with Crippen LogP contribution >= 0.6 is 0 Å². The van der Waals surface area contributed by atoms with Gasteiger partial charge in [0.2, 0.25) is 0 Å². The van der Waals surface area contributed by atoms with E-state index in [-0.39, 0.29) is 17.3 Å². The number of allylic oxidation sites excluding steroid dienone is 1. The van der Waals surface area contributed by atoms with Crippen molar-refractivity contribution < 1.29 is 9.90 Å². The number of carboxylic acid groups (broad SMARTS) is 1. The van der Waals surface area contributed by atoms with Gasteiger partial charge >= 0.3 is 5.97 Å². The second-order valence-corrected chi connectivity index (χ2v) is 7.68. The summed E-state index contributed by atoms with van der Waals surface area (Å²) in [7, 11) is 0. The lowest BCUT2D eigenvalue weighted by Crippen LogP contribution is -2.16. The number of rotatable bonds is 4. The van der Waals surface area contributed by atoms with Crippen molar-refractivity contribution in [3.63, 3.8) is 0 Å². The Hall–Kier alpha value is -1.57. The van der Waals surface area contributed by atoms with Crippen LogP contribution in [-0.4, -0.2) is 11.1 Å². The molecule has 0 fully saturated rings. The zero-order valence-corrected chi connectivity index (χ0v) is 14.2. The SMILES string of the molecule is CC(C)(C)c1cc(C=CCCC(=O)O)cc(C(C)(C)C)c1. The van der Waals surface area contributed by atoms with Crippen LogP contribution in [0.3, 0.4) is 0 Å². The third kappa shape index (κ3) is 5.74. The fourth-order valence-corrected chi connectivity index (χ4v) is 2.04. The molecule has 1 aromatic rings. The molecule has 0 saturated carbocycles. The van der Waals surface area contributed by atoms with E-state index in [2.05, 4.69) is 59.7 Å². The van der Waals surface area contributed by atoms with Gasteiger partial charge in [-0.15, -0.1) is 0 Å². The molecule has 0 bridgehead atoms. The lowest BCUT2D eigenvalue weighted by Gasteiger charge is -2.25. The molecule has 2 nitrogen and oxygen atoms in total. The van der Waals surface area contributed by atoms with Crippen LogP contribution in [0.1, 0.15) is 71.1 Å².